The Morgan fingerprint density at radius 3 is 2.59 bits per heavy atom. The van der Waals surface area contributed by atoms with E-state index in [-0.39, 0.29) is 12.5 Å². The number of hydrogen-bond donors (Lipinski definition) is 0. The van der Waals surface area contributed by atoms with Crippen molar-refractivity contribution in [1.82, 2.24) is 4.90 Å². The molecule has 29 heavy (non-hydrogen) atoms. The minimum Gasteiger partial charge on any atom is -0.486 e. The molecule has 3 aliphatic rings. The quantitative estimate of drug-likeness (QED) is 0.797. The largest absolute Gasteiger partial charge is 0.486 e. The van der Waals surface area contributed by atoms with Crippen LogP contribution in [0, 0.1) is 0 Å². The van der Waals surface area contributed by atoms with E-state index in [0.717, 1.165) is 36.7 Å². The number of anilines is 1. The molecule has 0 aliphatic carbocycles. The van der Waals surface area contributed by atoms with Gasteiger partial charge in [0.05, 0.1) is 6.61 Å². The van der Waals surface area contributed by atoms with E-state index in [9.17, 15) is 4.79 Å². The van der Waals surface area contributed by atoms with Crippen molar-refractivity contribution in [3.05, 3.63) is 53.6 Å². The Bertz CT molecular complexity index is 883. The number of benzene rings is 2. The first-order valence-corrected chi connectivity index (χ1v) is 10.4. The molecule has 0 unspecified atom stereocenters. The third-order valence-electron chi connectivity index (χ3n) is 5.93. The highest BCUT2D eigenvalue weighted by Crippen LogP contribution is 2.38. The van der Waals surface area contributed by atoms with Crippen molar-refractivity contribution in [1.29, 1.82) is 0 Å². The number of likely N-dealkylation sites (tertiary alicyclic amines) is 1. The zero-order valence-corrected chi connectivity index (χ0v) is 16.5. The summed E-state index contributed by atoms with van der Waals surface area (Å²) < 4.78 is 16.6. The van der Waals surface area contributed by atoms with Crippen LogP contribution >= 0.6 is 0 Å². The van der Waals surface area contributed by atoms with Crippen molar-refractivity contribution in [3.8, 4) is 11.5 Å². The fourth-order valence-electron chi connectivity index (χ4n) is 4.47. The molecule has 5 rings (SSSR count). The second-order valence-corrected chi connectivity index (χ2v) is 7.80. The number of hydrogen-bond acceptors (Lipinski definition) is 5. The molecule has 2 saturated heterocycles. The Labute approximate surface area is 171 Å². The smallest absolute Gasteiger partial charge is 0.253 e. The van der Waals surface area contributed by atoms with Gasteiger partial charge in [0, 0.05) is 24.8 Å². The predicted molar refractivity (Wildman–Crippen MR) is 109 cm³/mol. The zero-order chi connectivity index (χ0) is 19.6. The van der Waals surface area contributed by atoms with E-state index in [4.69, 9.17) is 14.2 Å². The molecule has 6 heteroatoms. The van der Waals surface area contributed by atoms with E-state index in [0.29, 0.717) is 32.4 Å². The first kappa shape index (κ1) is 18.5. The Balaban J connectivity index is 1.29. The van der Waals surface area contributed by atoms with Crippen molar-refractivity contribution in [2.45, 2.75) is 25.4 Å². The van der Waals surface area contributed by atoms with Crippen LogP contribution in [-0.4, -0.2) is 50.3 Å². The van der Waals surface area contributed by atoms with Gasteiger partial charge in [-0.05, 0) is 54.8 Å². The molecule has 0 N–H and O–H groups in total. The number of rotatable bonds is 4. The fraction of sp³-hybridized carbons (Fsp3) is 0.435. The van der Waals surface area contributed by atoms with Gasteiger partial charge in [-0.3, -0.25) is 9.69 Å². The first-order valence-electron chi connectivity index (χ1n) is 10.4. The van der Waals surface area contributed by atoms with Gasteiger partial charge in [-0.1, -0.05) is 18.2 Å². The minimum atomic E-state index is 0.0298. The Morgan fingerprint density at radius 2 is 1.76 bits per heavy atom. The second kappa shape index (κ2) is 8.05. The van der Waals surface area contributed by atoms with Crippen LogP contribution < -0.4 is 14.4 Å². The molecule has 0 spiro atoms. The van der Waals surface area contributed by atoms with E-state index in [1.807, 2.05) is 18.2 Å². The number of fused-ring (bicyclic) bond motifs is 1. The molecule has 3 aliphatic heterocycles. The predicted octanol–water partition coefficient (Wildman–Crippen LogP) is 3.16. The van der Waals surface area contributed by atoms with Crippen LogP contribution in [0.15, 0.2) is 42.5 Å². The molecular formula is C23H26N2O4. The van der Waals surface area contributed by atoms with Gasteiger partial charge in [-0.15, -0.1) is 0 Å². The van der Waals surface area contributed by atoms with Gasteiger partial charge in [0.2, 0.25) is 0 Å². The molecule has 3 heterocycles. The molecule has 1 amide bonds. The number of amides is 1. The maximum absolute atomic E-state index is 12.0. The average molecular weight is 394 g/mol. The average Bonchev–Trinajstić information content (AvgIpc) is 3.22. The SMILES string of the molecule is O=C1COCCN1c1ccc(CN2CCC[C@@H]2c2ccc3c(c2)OCCO3)cc1. The van der Waals surface area contributed by atoms with Crippen molar-refractivity contribution in [2.24, 2.45) is 0 Å². The molecule has 0 aromatic heterocycles. The van der Waals surface area contributed by atoms with Gasteiger partial charge in [-0.25, -0.2) is 0 Å². The lowest BCUT2D eigenvalue weighted by Gasteiger charge is -2.28. The fourth-order valence-corrected chi connectivity index (χ4v) is 4.47. The molecule has 152 valence electrons. The summed E-state index contributed by atoms with van der Waals surface area (Å²) in [4.78, 5) is 16.4. The van der Waals surface area contributed by atoms with Gasteiger partial charge in [0.25, 0.3) is 5.91 Å². The van der Waals surface area contributed by atoms with Crippen LogP contribution in [-0.2, 0) is 16.1 Å². The number of carbonyl (C=O) groups excluding carboxylic acids is 1. The van der Waals surface area contributed by atoms with Crippen molar-refractivity contribution < 1.29 is 19.0 Å². The van der Waals surface area contributed by atoms with Crippen molar-refractivity contribution in [3.63, 3.8) is 0 Å². The van der Waals surface area contributed by atoms with Crippen LogP contribution in [0.3, 0.4) is 0 Å². The third kappa shape index (κ3) is 3.82. The number of morpholine rings is 1. The van der Waals surface area contributed by atoms with Crippen LogP contribution in [0.2, 0.25) is 0 Å². The maximum atomic E-state index is 12.0. The van der Waals surface area contributed by atoms with E-state index in [1.165, 1.54) is 17.5 Å². The summed E-state index contributed by atoms with van der Waals surface area (Å²) in [6.07, 6.45) is 2.35. The summed E-state index contributed by atoms with van der Waals surface area (Å²) in [6, 6.07) is 15.1. The topological polar surface area (TPSA) is 51.2 Å². The highest BCUT2D eigenvalue weighted by atomic mass is 16.6. The third-order valence-corrected chi connectivity index (χ3v) is 5.93. The van der Waals surface area contributed by atoms with Crippen LogP contribution in [0.4, 0.5) is 5.69 Å². The Kier molecular flexibility index (Phi) is 5.12. The molecular weight excluding hydrogens is 368 g/mol. The summed E-state index contributed by atoms with van der Waals surface area (Å²) in [5.41, 5.74) is 3.51. The zero-order valence-electron chi connectivity index (χ0n) is 16.5. The molecule has 0 radical (unpaired) electrons. The normalized spacial score (nSPS) is 22.1. The molecule has 1 atom stereocenters. The second-order valence-electron chi connectivity index (χ2n) is 7.80. The summed E-state index contributed by atoms with van der Waals surface area (Å²) >= 11 is 0. The van der Waals surface area contributed by atoms with Crippen LogP contribution in [0.1, 0.15) is 30.0 Å². The van der Waals surface area contributed by atoms with Crippen LogP contribution in [0.5, 0.6) is 11.5 Å². The lowest BCUT2D eigenvalue weighted by atomic mass is 10.0. The summed E-state index contributed by atoms with van der Waals surface area (Å²) in [7, 11) is 0. The van der Waals surface area contributed by atoms with Gasteiger partial charge >= 0.3 is 0 Å². The van der Waals surface area contributed by atoms with Crippen molar-refractivity contribution in [2.75, 3.05) is 44.4 Å². The maximum Gasteiger partial charge on any atom is 0.253 e. The number of carbonyl (C=O) groups is 1. The molecule has 2 fully saturated rings. The van der Waals surface area contributed by atoms with E-state index < -0.39 is 0 Å². The van der Waals surface area contributed by atoms with E-state index >= 15 is 0 Å². The van der Waals surface area contributed by atoms with E-state index in [1.54, 1.807) is 4.90 Å². The molecule has 0 saturated carbocycles. The van der Waals surface area contributed by atoms with Gasteiger partial charge in [-0.2, -0.15) is 0 Å². The lowest BCUT2D eigenvalue weighted by Crippen LogP contribution is -2.41. The molecule has 2 aromatic carbocycles. The molecule has 0 bridgehead atoms. The molecule has 2 aromatic rings. The lowest BCUT2D eigenvalue weighted by molar-refractivity contribution is -0.125. The van der Waals surface area contributed by atoms with Gasteiger partial charge in [0.15, 0.2) is 11.5 Å². The minimum absolute atomic E-state index is 0.0298. The first-order chi connectivity index (χ1) is 14.3. The summed E-state index contributed by atoms with van der Waals surface area (Å²) in [6.45, 7) is 4.61. The monoisotopic (exact) mass is 394 g/mol. The highest BCUT2D eigenvalue weighted by molar-refractivity contribution is 5.94. The Morgan fingerprint density at radius 1 is 0.931 bits per heavy atom. The standard InChI is InChI=1S/C23H26N2O4/c26-23-16-27-11-10-25(23)19-6-3-17(4-7-19)15-24-9-1-2-20(24)18-5-8-21-22(14-18)29-13-12-28-21/h3-8,14,20H,1-2,9-13,15-16H2/t20-/m1/s1. The number of ether oxygens (including phenoxy) is 3. The molecule has 6 nitrogen and oxygen atoms in total. The Hall–Kier alpha value is -2.57. The highest BCUT2D eigenvalue weighted by Gasteiger charge is 2.27. The summed E-state index contributed by atoms with van der Waals surface area (Å²) in [5.74, 6) is 1.74. The van der Waals surface area contributed by atoms with Gasteiger partial charge in [0.1, 0.15) is 19.8 Å². The van der Waals surface area contributed by atoms with Crippen LogP contribution in [0.25, 0.3) is 0 Å². The van der Waals surface area contributed by atoms with Gasteiger partial charge < -0.3 is 19.1 Å². The number of nitrogens with zero attached hydrogens (tertiary/aromatic N) is 2. The summed E-state index contributed by atoms with van der Waals surface area (Å²) in [5, 5.41) is 0. The van der Waals surface area contributed by atoms with Crippen molar-refractivity contribution >= 4 is 11.6 Å². The van der Waals surface area contributed by atoms with E-state index in [2.05, 4.69) is 29.2 Å².